The summed E-state index contributed by atoms with van der Waals surface area (Å²) in [7, 11) is 0. The molecule has 0 aliphatic carbocycles. The molecule has 42 heavy (non-hydrogen) atoms. The smallest absolute Gasteiger partial charge is 0.328 e. The molecule has 8 heteroatoms. The molecule has 0 aromatic heterocycles. The minimum Gasteiger partial charge on any atom is -0.481 e. The second-order valence-corrected chi connectivity index (χ2v) is 12.1. The Morgan fingerprint density at radius 3 is 1.81 bits per heavy atom. The first-order valence-electron chi connectivity index (χ1n) is 15.9. The van der Waals surface area contributed by atoms with E-state index in [0.29, 0.717) is 25.0 Å². The maximum atomic E-state index is 12.5. The molecule has 0 aliphatic rings. The van der Waals surface area contributed by atoms with Crippen molar-refractivity contribution in [3.8, 4) is 0 Å². The highest BCUT2D eigenvalue weighted by atomic mass is 16.5. The number of rotatable bonds is 25. The molecule has 1 atom stereocenters. The Balaban J connectivity index is 2.07. The van der Waals surface area contributed by atoms with E-state index in [1.54, 1.807) is 0 Å². The molecule has 0 bridgehead atoms. The van der Waals surface area contributed by atoms with Crippen LogP contribution in [0.15, 0.2) is 30.3 Å². The van der Waals surface area contributed by atoms with Crippen molar-refractivity contribution in [1.29, 1.82) is 0 Å². The lowest BCUT2D eigenvalue weighted by Crippen LogP contribution is -2.42. The summed E-state index contributed by atoms with van der Waals surface area (Å²) in [6.45, 7) is 7.16. The van der Waals surface area contributed by atoms with Gasteiger partial charge in [-0.1, -0.05) is 81.7 Å². The first-order valence-corrected chi connectivity index (χ1v) is 15.9. The Bertz CT molecular complexity index is 895. The third-order valence-electron chi connectivity index (χ3n) is 6.99. The van der Waals surface area contributed by atoms with Gasteiger partial charge in [-0.05, 0) is 58.4 Å². The van der Waals surface area contributed by atoms with Crippen molar-refractivity contribution >= 4 is 23.6 Å². The largest absolute Gasteiger partial charge is 0.481 e. The molecule has 238 valence electrons. The second kappa shape index (κ2) is 22.8. The summed E-state index contributed by atoms with van der Waals surface area (Å²) in [6, 6.07) is 8.17. The monoisotopic (exact) mass is 589 g/mol. The SMILES string of the molecule is CC(C)(C)OCCCCCCCCCCC(=O)CCCCCCC(=O)N[C@@H](CCC(=O)O)C(=O)OCc1ccccc1. The number of amides is 1. The van der Waals surface area contributed by atoms with Crippen LogP contribution in [-0.4, -0.2) is 47.0 Å². The number of Topliss-reactive ketones (excluding diaryl/α,β-unsaturated/α-hetero) is 1. The molecular formula is C34H55NO7. The molecule has 8 nitrogen and oxygen atoms in total. The topological polar surface area (TPSA) is 119 Å². The van der Waals surface area contributed by atoms with Crippen LogP contribution in [0.25, 0.3) is 0 Å². The standard InChI is InChI=1S/C34H55NO7/c1-34(2,3)42-26-18-11-7-5-4-6-8-15-21-29(36)22-16-9-10-17-23-31(37)35-30(24-25-32(38)39)33(40)41-27-28-19-13-12-14-20-28/h12-14,19-20,30H,4-11,15-18,21-27H2,1-3H3,(H,35,37)(H,38,39)/t30-/m0/s1. The molecule has 0 unspecified atom stereocenters. The number of esters is 1. The van der Waals surface area contributed by atoms with Crippen LogP contribution in [0.4, 0.5) is 0 Å². The Morgan fingerprint density at radius 2 is 1.26 bits per heavy atom. The molecular weight excluding hydrogens is 534 g/mol. The predicted molar refractivity (Wildman–Crippen MR) is 165 cm³/mol. The fourth-order valence-corrected chi connectivity index (χ4v) is 4.56. The average Bonchev–Trinajstić information content (AvgIpc) is 2.94. The maximum Gasteiger partial charge on any atom is 0.328 e. The van der Waals surface area contributed by atoms with Gasteiger partial charge in [0.2, 0.25) is 5.91 Å². The van der Waals surface area contributed by atoms with Crippen molar-refractivity contribution in [3.05, 3.63) is 35.9 Å². The zero-order valence-electron chi connectivity index (χ0n) is 26.3. The summed E-state index contributed by atoms with van der Waals surface area (Å²) in [5.74, 6) is -1.65. The number of aliphatic carboxylic acids is 1. The molecule has 1 amide bonds. The first kappa shape index (κ1) is 37.3. The van der Waals surface area contributed by atoms with Gasteiger partial charge < -0.3 is 19.9 Å². The number of nitrogens with one attached hydrogen (secondary N) is 1. The van der Waals surface area contributed by atoms with Crippen LogP contribution in [0.2, 0.25) is 0 Å². The number of carbonyl (C=O) groups excluding carboxylic acids is 3. The molecule has 0 saturated carbocycles. The highest BCUT2D eigenvalue weighted by Crippen LogP contribution is 2.14. The number of ether oxygens (including phenoxy) is 2. The van der Waals surface area contributed by atoms with Gasteiger partial charge >= 0.3 is 11.9 Å². The lowest BCUT2D eigenvalue weighted by atomic mass is 10.0. The van der Waals surface area contributed by atoms with E-state index in [9.17, 15) is 19.2 Å². The van der Waals surface area contributed by atoms with Gasteiger partial charge in [0.15, 0.2) is 0 Å². The molecule has 2 N–H and O–H groups in total. The van der Waals surface area contributed by atoms with E-state index in [4.69, 9.17) is 14.6 Å². The Kier molecular flexibility index (Phi) is 20.2. The Hall–Kier alpha value is -2.74. The van der Waals surface area contributed by atoms with Gasteiger partial charge in [0.05, 0.1) is 5.60 Å². The highest BCUT2D eigenvalue weighted by molar-refractivity contribution is 5.84. The van der Waals surface area contributed by atoms with Gasteiger partial charge in [0, 0.05) is 32.3 Å². The summed E-state index contributed by atoms with van der Waals surface area (Å²) in [4.78, 5) is 48.0. The molecule has 1 rings (SSSR count). The zero-order chi connectivity index (χ0) is 31.1. The summed E-state index contributed by atoms with van der Waals surface area (Å²) in [5, 5.41) is 11.6. The lowest BCUT2D eigenvalue weighted by Gasteiger charge is -2.19. The van der Waals surface area contributed by atoms with Gasteiger partial charge in [0.1, 0.15) is 18.4 Å². The molecule has 0 aliphatic heterocycles. The quantitative estimate of drug-likeness (QED) is 0.0906. The van der Waals surface area contributed by atoms with Gasteiger partial charge in [-0.2, -0.15) is 0 Å². The normalized spacial score (nSPS) is 12.1. The van der Waals surface area contributed by atoms with Gasteiger partial charge in [-0.25, -0.2) is 4.79 Å². The van der Waals surface area contributed by atoms with Crippen LogP contribution >= 0.6 is 0 Å². The third-order valence-corrected chi connectivity index (χ3v) is 6.99. The van der Waals surface area contributed by atoms with Crippen LogP contribution in [0.3, 0.4) is 0 Å². The first-order chi connectivity index (χ1) is 20.1. The molecule has 1 aromatic carbocycles. The number of unbranched alkanes of at least 4 members (excludes halogenated alkanes) is 10. The molecule has 0 fully saturated rings. The fourth-order valence-electron chi connectivity index (χ4n) is 4.56. The minimum absolute atomic E-state index is 0.0233. The number of carboxylic acids is 1. The van der Waals surface area contributed by atoms with Gasteiger partial charge in [-0.3, -0.25) is 14.4 Å². The minimum atomic E-state index is -1.04. The van der Waals surface area contributed by atoms with Crippen LogP contribution in [-0.2, 0) is 35.3 Å². The number of hydrogen-bond donors (Lipinski definition) is 2. The fraction of sp³-hybridized carbons (Fsp3) is 0.706. The highest BCUT2D eigenvalue weighted by Gasteiger charge is 2.23. The molecule has 0 radical (unpaired) electrons. The number of hydrogen-bond acceptors (Lipinski definition) is 6. The Labute approximate surface area is 253 Å². The van der Waals surface area contributed by atoms with Gasteiger partial charge in [0.25, 0.3) is 0 Å². The van der Waals surface area contributed by atoms with Crippen molar-refractivity contribution < 1.29 is 33.8 Å². The summed E-state index contributed by atoms with van der Waals surface area (Å²) >= 11 is 0. The van der Waals surface area contributed by atoms with E-state index in [2.05, 4.69) is 26.1 Å². The predicted octanol–water partition coefficient (Wildman–Crippen LogP) is 7.32. The second-order valence-electron chi connectivity index (χ2n) is 12.1. The molecule has 0 spiro atoms. The van der Waals surface area contributed by atoms with Crippen LogP contribution < -0.4 is 5.32 Å². The van der Waals surface area contributed by atoms with E-state index in [-0.39, 0.29) is 37.4 Å². The van der Waals surface area contributed by atoms with Crippen molar-refractivity contribution in [2.75, 3.05) is 6.61 Å². The van der Waals surface area contributed by atoms with E-state index in [1.807, 2.05) is 30.3 Å². The van der Waals surface area contributed by atoms with Crippen LogP contribution in [0.1, 0.15) is 135 Å². The van der Waals surface area contributed by atoms with Crippen molar-refractivity contribution in [1.82, 2.24) is 5.32 Å². The van der Waals surface area contributed by atoms with E-state index in [0.717, 1.165) is 50.7 Å². The Morgan fingerprint density at radius 1 is 0.738 bits per heavy atom. The van der Waals surface area contributed by atoms with Crippen molar-refractivity contribution in [2.45, 2.75) is 148 Å². The number of carboxylic acid groups (broad SMARTS) is 1. The van der Waals surface area contributed by atoms with E-state index < -0.39 is 18.0 Å². The molecule has 0 heterocycles. The van der Waals surface area contributed by atoms with E-state index in [1.165, 1.54) is 32.1 Å². The van der Waals surface area contributed by atoms with Crippen molar-refractivity contribution in [3.63, 3.8) is 0 Å². The maximum absolute atomic E-state index is 12.5. The average molecular weight is 590 g/mol. The summed E-state index contributed by atoms with van der Waals surface area (Å²) in [6.07, 6.45) is 13.7. The van der Waals surface area contributed by atoms with Crippen LogP contribution in [0, 0.1) is 0 Å². The number of benzene rings is 1. The number of carbonyl (C=O) groups is 4. The van der Waals surface area contributed by atoms with E-state index >= 15 is 0 Å². The van der Waals surface area contributed by atoms with Crippen molar-refractivity contribution in [2.24, 2.45) is 0 Å². The van der Waals surface area contributed by atoms with Gasteiger partial charge in [-0.15, -0.1) is 0 Å². The summed E-state index contributed by atoms with van der Waals surface area (Å²) < 4.78 is 11.0. The third kappa shape index (κ3) is 21.9. The molecule has 1 aromatic rings. The lowest BCUT2D eigenvalue weighted by molar-refractivity contribution is -0.149. The number of ketones is 1. The zero-order valence-corrected chi connectivity index (χ0v) is 26.3. The molecule has 0 saturated heterocycles. The summed E-state index contributed by atoms with van der Waals surface area (Å²) in [5.41, 5.74) is 0.766. The van der Waals surface area contributed by atoms with Crippen LogP contribution in [0.5, 0.6) is 0 Å².